The highest BCUT2D eigenvalue weighted by Gasteiger charge is 2.12. The molecule has 1 N–H and O–H groups in total. The third-order valence-corrected chi connectivity index (χ3v) is 6.72. The van der Waals surface area contributed by atoms with Crippen molar-refractivity contribution in [2.75, 3.05) is 19.1 Å². The Hall–Kier alpha value is -3.84. The first kappa shape index (κ1) is 22.0. The van der Waals surface area contributed by atoms with E-state index in [9.17, 15) is 0 Å². The number of nitrogens with zero attached hydrogens (tertiary/aromatic N) is 3. The average molecular weight is 471 g/mol. The normalized spacial score (nSPS) is 11.5. The van der Waals surface area contributed by atoms with Gasteiger partial charge in [0.05, 0.1) is 30.1 Å². The first-order chi connectivity index (χ1) is 16.7. The van der Waals surface area contributed by atoms with Crippen LogP contribution in [0.5, 0.6) is 11.5 Å². The summed E-state index contributed by atoms with van der Waals surface area (Å²) in [5, 5.41) is 6.47. The smallest absolute Gasteiger partial charge is 0.204 e. The highest BCUT2D eigenvalue weighted by Crippen LogP contribution is 2.28. The fourth-order valence-electron chi connectivity index (χ4n) is 4.12. The Kier molecular flexibility index (Phi) is 6.44. The number of anilines is 1. The lowest BCUT2D eigenvalue weighted by molar-refractivity contribution is 0.283. The van der Waals surface area contributed by atoms with Crippen LogP contribution in [-0.2, 0) is 6.54 Å². The number of aromatic nitrogens is 2. The lowest BCUT2D eigenvalue weighted by atomic mass is 10.1. The van der Waals surface area contributed by atoms with Crippen LogP contribution in [0, 0.1) is 6.92 Å². The molecule has 0 radical (unpaired) electrons. The van der Waals surface area contributed by atoms with E-state index in [1.165, 1.54) is 16.6 Å². The summed E-state index contributed by atoms with van der Waals surface area (Å²) in [7, 11) is 1.66. The Balaban J connectivity index is 1.30. The second-order valence-electron chi connectivity index (χ2n) is 7.88. The molecule has 0 amide bonds. The molecule has 3 aromatic carbocycles. The number of aryl methyl sites for hydroxylation is 1. The van der Waals surface area contributed by atoms with Crippen molar-refractivity contribution in [3.63, 3.8) is 0 Å². The zero-order chi connectivity index (χ0) is 23.3. The molecule has 0 spiro atoms. The van der Waals surface area contributed by atoms with Gasteiger partial charge in [-0.2, -0.15) is 5.10 Å². The summed E-state index contributed by atoms with van der Waals surface area (Å²) in [6, 6.07) is 24.3. The van der Waals surface area contributed by atoms with E-state index in [0.29, 0.717) is 6.61 Å². The Morgan fingerprint density at radius 3 is 2.62 bits per heavy atom. The molecule has 0 fully saturated rings. The Labute approximate surface area is 202 Å². The molecule has 34 heavy (non-hydrogen) atoms. The summed E-state index contributed by atoms with van der Waals surface area (Å²) < 4.78 is 14.8. The van der Waals surface area contributed by atoms with Crippen molar-refractivity contribution < 1.29 is 9.47 Å². The minimum atomic E-state index is 0.606. The van der Waals surface area contributed by atoms with Crippen LogP contribution in [0.4, 0.5) is 5.13 Å². The Bertz CT molecular complexity index is 1420. The van der Waals surface area contributed by atoms with Gasteiger partial charge in [0.25, 0.3) is 0 Å². The van der Waals surface area contributed by atoms with E-state index in [2.05, 4.69) is 57.3 Å². The molecule has 0 bridgehead atoms. The van der Waals surface area contributed by atoms with Crippen LogP contribution in [0.2, 0.25) is 0 Å². The fourth-order valence-corrected chi connectivity index (χ4v) is 4.94. The predicted molar refractivity (Wildman–Crippen MR) is 141 cm³/mol. The highest BCUT2D eigenvalue weighted by atomic mass is 32.1. The topological polar surface area (TPSA) is 60.7 Å². The van der Waals surface area contributed by atoms with Gasteiger partial charge in [0, 0.05) is 28.7 Å². The van der Waals surface area contributed by atoms with E-state index in [4.69, 9.17) is 9.47 Å². The average Bonchev–Trinajstić information content (AvgIpc) is 3.40. The molecule has 5 aromatic rings. The molecule has 0 unspecified atom stereocenters. The lowest BCUT2D eigenvalue weighted by Crippen LogP contribution is -2.06. The highest BCUT2D eigenvalue weighted by molar-refractivity contribution is 7.22. The number of para-hydroxylation sites is 4. The third kappa shape index (κ3) is 4.47. The van der Waals surface area contributed by atoms with Gasteiger partial charge in [-0.3, -0.25) is 5.43 Å². The van der Waals surface area contributed by atoms with Crippen molar-refractivity contribution >= 4 is 43.8 Å². The minimum Gasteiger partial charge on any atom is -0.493 e. The molecule has 0 atom stereocenters. The van der Waals surface area contributed by atoms with Crippen LogP contribution in [0.1, 0.15) is 17.7 Å². The minimum absolute atomic E-state index is 0.606. The monoisotopic (exact) mass is 470 g/mol. The molecule has 0 aliphatic rings. The van der Waals surface area contributed by atoms with Crippen molar-refractivity contribution in [3.8, 4) is 11.5 Å². The van der Waals surface area contributed by atoms with Crippen molar-refractivity contribution in [1.29, 1.82) is 0 Å². The van der Waals surface area contributed by atoms with E-state index < -0.39 is 0 Å². The number of thiazole rings is 1. The summed E-state index contributed by atoms with van der Waals surface area (Å²) in [6.45, 7) is 3.59. The second-order valence-corrected chi connectivity index (χ2v) is 8.91. The predicted octanol–water partition coefficient (Wildman–Crippen LogP) is 6.48. The van der Waals surface area contributed by atoms with Gasteiger partial charge in [0.15, 0.2) is 11.5 Å². The van der Waals surface area contributed by atoms with Crippen LogP contribution in [0.3, 0.4) is 0 Å². The maximum Gasteiger partial charge on any atom is 0.204 e. The molecule has 5 rings (SSSR count). The van der Waals surface area contributed by atoms with Gasteiger partial charge in [-0.15, -0.1) is 0 Å². The van der Waals surface area contributed by atoms with E-state index in [0.717, 1.165) is 45.4 Å². The number of rotatable bonds is 9. The van der Waals surface area contributed by atoms with E-state index in [-0.39, 0.29) is 0 Å². The largest absolute Gasteiger partial charge is 0.493 e. The van der Waals surface area contributed by atoms with Crippen LogP contribution in [0.25, 0.3) is 21.1 Å². The van der Waals surface area contributed by atoms with Gasteiger partial charge in [-0.05, 0) is 43.7 Å². The first-order valence-electron chi connectivity index (χ1n) is 11.2. The summed E-state index contributed by atoms with van der Waals surface area (Å²) in [5.74, 6) is 1.53. The zero-order valence-electron chi connectivity index (χ0n) is 19.2. The summed E-state index contributed by atoms with van der Waals surface area (Å²) in [6.07, 6.45) is 2.77. The summed E-state index contributed by atoms with van der Waals surface area (Å²) in [4.78, 5) is 4.59. The second kappa shape index (κ2) is 9.97. The standard InChI is InChI=1S/C27H26N4O2S/c1-19-21(18-28-30-27-29-22-11-4-8-15-26(22)34-27)20-10-3-5-12-23(20)31(19)16-9-17-33-25-14-7-6-13-24(25)32-2/h3-8,10-15,18H,9,16-17H2,1-2H3,(H,29,30). The zero-order valence-corrected chi connectivity index (χ0v) is 20.0. The quantitative estimate of drug-likeness (QED) is 0.152. The molecule has 2 aromatic heterocycles. The van der Waals surface area contributed by atoms with E-state index in [1.807, 2.05) is 48.7 Å². The van der Waals surface area contributed by atoms with Crippen molar-refractivity contribution in [1.82, 2.24) is 9.55 Å². The van der Waals surface area contributed by atoms with Crippen LogP contribution >= 0.6 is 11.3 Å². The molecule has 0 saturated carbocycles. The molecule has 172 valence electrons. The summed E-state index contributed by atoms with van der Waals surface area (Å²) in [5.41, 5.74) is 7.55. The van der Waals surface area contributed by atoms with Crippen molar-refractivity contribution in [2.45, 2.75) is 19.9 Å². The van der Waals surface area contributed by atoms with Gasteiger partial charge >= 0.3 is 0 Å². The van der Waals surface area contributed by atoms with Crippen LogP contribution in [0.15, 0.2) is 77.9 Å². The van der Waals surface area contributed by atoms with Crippen molar-refractivity contribution in [2.24, 2.45) is 5.10 Å². The molecule has 2 heterocycles. The lowest BCUT2D eigenvalue weighted by Gasteiger charge is -2.12. The van der Waals surface area contributed by atoms with Gasteiger partial charge in [-0.1, -0.05) is 53.8 Å². The molecule has 0 saturated heterocycles. The molecular formula is C27H26N4O2S. The first-order valence-corrected chi connectivity index (χ1v) is 12.0. The number of hydrazone groups is 1. The summed E-state index contributed by atoms with van der Waals surface area (Å²) >= 11 is 1.60. The maximum atomic E-state index is 5.97. The van der Waals surface area contributed by atoms with Gasteiger partial charge in [0.1, 0.15) is 0 Å². The SMILES string of the molecule is COc1ccccc1OCCCn1c(C)c(C=NNc2nc3ccccc3s2)c2ccccc21. The molecule has 7 heteroatoms. The Morgan fingerprint density at radius 2 is 1.76 bits per heavy atom. The maximum absolute atomic E-state index is 5.97. The number of hydrogen-bond acceptors (Lipinski definition) is 6. The molecule has 0 aliphatic heterocycles. The van der Waals surface area contributed by atoms with Crippen LogP contribution in [-0.4, -0.2) is 29.5 Å². The van der Waals surface area contributed by atoms with Gasteiger partial charge < -0.3 is 14.0 Å². The van der Waals surface area contributed by atoms with Gasteiger partial charge in [0.2, 0.25) is 5.13 Å². The molecular weight excluding hydrogens is 444 g/mol. The number of methoxy groups -OCH3 is 1. The number of fused-ring (bicyclic) bond motifs is 2. The van der Waals surface area contributed by atoms with Crippen molar-refractivity contribution in [3.05, 3.63) is 84.1 Å². The van der Waals surface area contributed by atoms with E-state index in [1.54, 1.807) is 18.4 Å². The molecule has 0 aliphatic carbocycles. The number of benzene rings is 3. The Morgan fingerprint density at radius 1 is 1.00 bits per heavy atom. The molecule has 6 nitrogen and oxygen atoms in total. The third-order valence-electron chi connectivity index (χ3n) is 5.78. The van der Waals surface area contributed by atoms with Gasteiger partial charge in [-0.25, -0.2) is 4.98 Å². The number of ether oxygens (including phenoxy) is 2. The number of hydrogen-bond donors (Lipinski definition) is 1. The fraction of sp³-hybridized carbons (Fsp3) is 0.185. The number of nitrogens with one attached hydrogen (secondary N) is 1. The van der Waals surface area contributed by atoms with E-state index >= 15 is 0 Å². The van der Waals surface area contributed by atoms with Crippen LogP contribution < -0.4 is 14.9 Å².